The molecule has 0 saturated carbocycles. The molecule has 7 nitrogen and oxygen atoms in total. The second-order valence-corrected chi connectivity index (χ2v) is 6.42. The van der Waals surface area contributed by atoms with Crippen LogP contribution in [0.3, 0.4) is 0 Å². The smallest absolute Gasteiger partial charge is 0.318 e. The molecule has 1 aromatic rings. The van der Waals surface area contributed by atoms with Gasteiger partial charge in [0.05, 0.1) is 4.90 Å². The molecule has 0 bridgehead atoms. The Labute approximate surface area is 122 Å². The minimum Gasteiger partial charge on any atom is -0.480 e. The molecule has 8 heteroatoms. The quantitative estimate of drug-likeness (QED) is 0.816. The number of anilines is 1. The summed E-state index contributed by atoms with van der Waals surface area (Å²) < 4.78 is 25.9. The Kier molecular flexibility index (Phi) is 4.29. The monoisotopic (exact) mass is 312 g/mol. The summed E-state index contributed by atoms with van der Waals surface area (Å²) in [5.74, 6) is -1.26. The van der Waals surface area contributed by atoms with Crippen LogP contribution in [0, 0.1) is 0 Å². The number of fused-ring (bicyclic) bond motifs is 1. The summed E-state index contributed by atoms with van der Waals surface area (Å²) >= 11 is 0. The maximum atomic E-state index is 12.0. The van der Waals surface area contributed by atoms with E-state index in [1.54, 1.807) is 17.9 Å². The standard InChI is InChI=1S/C13H16N2O5S/c1-2-12(16)15-6-5-9-7-10(3-4-11(9)15)21(19,20)14-8-13(17)18/h3-4,7,14H,2,5-6,8H2,1H3,(H,17,18). The Morgan fingerprint density at radius 2 is 2.10 bits per heavy atom. The third-order valence-corrected chi connectivity index (χ3v) is 4.67. The van der Waals surface area contributed by atoms with Gasteiger partial charge in [-0.25, -0.2) is 8.42 Å². The highest BCUT2D eigenvalue weighted by Crippen LogP contribution is 2.30. The maximum Gasteiger partial charge on any atom is 0.318 e. The second kappa shape index (κ2) is 5.82. The van der Waals surface area contributed by atoms with E-state index in [9.17, 15) is 18.0 Å². The summed E-state index contributed by atoms with van der Waals surface area (Å²) in [7, 11) is -3.85. The van der Waals surface area contributed by atoms with Gasteiger partial charge >= 0.3 is 5.97 Å². The number of carbonyl (C=O) groups excluding carboxylic acids is 1. The molecule has 0 radical (unpaired) electrons. The van der Waals surface area contributed by atoms with Crippen molar-refractivity contribution >= 4 is 27.6 Å². The number of aliphatic carboxylic acids is 1. The molecule has 0 aliphatic carbocycles. The Balaban J connectivity index is 2.27. The van der Waals surface area contributed by atoms with E-state index in [0.29, 0.717) is 19.4 Å². The lowest BCUT2D eigenvalue weighted by molar-refractivity contribution is -0.135. The van der Waals surface area contributed by atoms with Gasteiger partial charge in [0.1, 0.15) is 6.54 Å². The van der Waals surface area contributed by atoms with E-state index in [-0.39, 0.29) is 10.8 Å². The second-order valence-electron chi connectivity index (χ2n) is 4.66. The molecule has 0 spiro atoms. The summed E-state index contributed by atoms with van der Waals surface area (Å²) in [6, 6.07) is 4.46. The molecule has 2 rings (SSSR count). The lowest BCUT2D eigenvalue weighted by Crippen LogP contribution is -2.29. The molecule has 1 amide bonds. The number of carboxylic acid groups (broad SMARTS) is 1. The molecule has 114 valence electrons. The number of nitrogens with one attached hydrogen (secondary N) is 1. The highest BCUT2D eigenvalue weighted by Gasteiger charge is 2.25. The molecule has 0 saturated heterocycles. The predicted molar refractivity (Wildman–Crippen MR) is 75.6 cm³/mol. The highest BCUT2D eigenvalue weighted by atomic mass is 32.2. The van der Waals surface area contributed by atoms with Crippen molar-refractivity contribution in [2.24, 2.45) is 0 Å². The molecule has 1 aliphatic rings. The van der Waals surface area contributed by atoms with Crippen LogP contribution in [0.4, 0.5) is 5.69 Å². The number of benzene rings is 1. The van der Waals surface area contributed by atoms with Crippen LogP contribution in [-0.2, 0) is 26.0 Å². The van der Waals surface area contributed by atoms with E-state index in [0.717, 1.165) is 11.3 Å². The van der Waals surface area contributed by atoms with Crippen molar-refractivity contribution in [3.05, 3.63) is 23.8 Å². The van der Waals surface area contributed by atoms with Crippen LogP contribution >= 0.6 is 0 Å². The van der Waals surface area contributed by atoms with E-state index < -0.39 is 22.5 Å². The molecule has 0 fully saturated rings. The number of rotatable bonds is 5. The van der Waals surface area contributed by atoms with Crippen molar-refractivity contribution in [2.45, 2.75) is 24.7 Å². The predicted octanol–water partition coefficient (Wildman–Crippen LogP) is 0.349. The molecule has 1 aromatic carbocycles. The Morgan fingerprint density at radius 3 is 2.71 bits per heavy atom. The van der Waals surface area contributed by atoms with Crippen LogP contribution in [0.1, 0.15) is 18.9 Å². The fourth-order valence-corrected chi connectivity index (χ4v) is 3.26. The number of sulfonamides is 1. The van der Waals surface area contributed by atoms with Crippen molar-refractivity contribution in [2.75, 3.05) is 18.0 Å². The van der Waals surface area contributed by atoms with Crippen LogP contribution in [0.2, 0.25) is 0 Å². The average molecular weight is 312 g/mol. The SMILES string of the molecule is CCC(=O)N1CCc2cc(S(=O)(=O)NCC(=O)O)ccc21. The van der Waals surface area contributed by atoms with E-state index in [1.807, 2.05) is 4.72 Å². The molecule has 0 unspecified atom stereocenters. The zero-order valence-corrected chi connectivity index (χ0v) is 12.3. The van der Waals surface area contributed by atoms with Crippen molar-refractivity contribution < 1.29 is 23.1 Å². The maximum absolute atomic E-state index is 12.0. The summed E-state index contributed by atoms with van der Waals surface area (Å²) in [4.78, 5) is 23.9. The van der Waals surface area contributed by atoms with Gasteiger partial charge < -0.3 is 10.0 Å². The minimum atomic E-state index is -3.85. The largest absolute Gasteiger partial charge is 0.480 e. The first-order chi connectivity index (χ1) is 9.85. The summed E-state index contributed by atoms with van der Waals surface area (Å²) in [5.41, 5.74) is 1.49. The Bertz CT molecular complexity index is 684. The third kappa shape index (κ3) is 3.22. The number of carboxylic acids is 1. The van der Waals surface area contributed by atoms with Gasteiger partial charge in [-0.2, -0.15) is 4.72 Å². The van der Waals surface area contributed by atoms with Crippen molar-refractivity contribution in [1.82, 2.24) is 4.72 Å². The summed E-state index contributed by atoms with van der Waals surface area (Å²) in [5, 5.41) is 8.53. The lowest BCUT2D eigenvalue weighted by Gasteiger charge is -2.16. The average Bonchev–Trinajstić information content (AvgIpc) is 2.87. The van der Waals surface area contributed by atoms with Gasteiger partial charge in [-0.1, -0.05) is 6.92 Å². The number of amides is 1. The van der Waals surface area contributed by atoms with Gasteiger partial charge in [0, 0.05) is 18.7 Å². The van der Waals surface area contributed by atoms with Gasteiger partial charge in [-0.15, -0.1) is 0 Å². The normalized spacial score (nSPS) is 14.0. The van der Waals surface area contributed by atoms with E-state index in [2.05, 4.69) is 0 Å². The Hall–Kier alpha value is -1.93. The van der Waals surface area contributed by atoms with Gasteiger partial charge in [-0.05, 0) is 30.2 Å². The number of carbonyl (C=O) groups is 2. The van der Waals surface area contributed by atoms with Crippen LogP contribution in [-0.4, -0.2) is 38.5 Å². The van der Waals surface area contributed by atoms with Crippen LogP contribution in [0.25, 0.3) is 0 Å². The number of nitrogens with zero attached hydrogens (tertiary/aromatic N) is 1. The van der Waals surface area contributed by atoms with Crippen molar-refractivity contribution in [3.8, 4) is 0 Å². The molecule has 1 heterocycles. The van der Waals surface area contributed by atoms with Crippen molar-refractivity contribution in [3.63, 3.8) is 0 Å². The van der Waals surface area contributed by atoms with Gasteiger partial charge in [0.25, 0.3) is 0 Å². The summed E-state index contributed by atoms with van der Waals surface area (Å²) in [6.07, 6.45) is 0.975. The lowest BCUT2D eigenvalue weighted by atomic mass is 10.2. The summed E-state index contributed by atoms with van der Waals surface area (Å²) in [6.45, 7) is 1.64. The minimum absolute atomic E-state index is 0.00615. The molecule has 0 atom stereocenters. The zero-order chi connectivity index (χ0) is 15.6. The zero-order valence-electron chi connectivity index (χ0n) is 11.5. The molecule has 0 aromatic heterocycles. The molecular weight excluding hydrogens is 296 g/mol. The highest BCUT2D eigenvalue weighted by molar-refractivity contribution is 7.89. The third-order valence-electron chi connectivity index (χ3n) is 3.27. The van der Waals surface area contributed by atoms with Gasteiger partial charge in [0.15, 0.2) is 0 Å². The Morgan fingerprint density at radius 1 is 1.38 bits per heavy atom. The first-order valence-corrected chi connectivity index (χ1v) is 7.98. The topological polar surface area (TPSA) is 104 Å². The fourth-order valence-electron chi connectivity index (χ4n) is 2.24. The first-order valence-electron chi connectivity index (χ1n) is 6.50. The van der Waals surface area contributed by atoms with Crippen LogP contribution in [0.15, 0.2) is 23.1 Å². The molecular formula is C13H16N2O5S. The molecule has 2 N–H and O–H groups in total. The number of hydrogen-bond donors (Lipinski definition) is 2. The molecule has 21 heavy (non-hydrogen) atoms. The van der Waals surface area contributed by atoms with Crippen LogP contribution in [0.5, 0.6) is 0 Å². The van der Waals surface area contributed by atoms with Crippen molar-refractivity contribution in [1.29, 1.82) is 0 Å². The van der Waals surface area contributed by atoms with E-state index >= 15 is 0 Å². The van der Waals surface area contributed by atoms with Gasteiger partial charge in [-0.3, -0.25) is 9.59 Å². The first kappa shape index (κ1) is 15.5. The number of hydrogen-bond acceptors (Lipinski definition) is 4. The fraction of sp³-hybridized carbons (Fsp3) is 0.385. The van der Waals surface area contributed by atoms with Crippen LogP contribution < -0.4 is 9.62 Å². The van der Waals surface area contributed by atoms with E-state index in [4.69, 9.17) is 5.11 Å². The molecule has 1 aliphatic heterocycles. The van der Waals surface area contributed by atoms with E-state index in [1.165, 1.54) is 12.1 Å². The van der Waals surface area contributed by atoms with Gasteiger partial charge in [0.2, 0.25) is 15.9 Å².